The SMILES string of the molecule is COc1ccc(C(O)CCOCC(F)F)cc1F. The average molecular weight is 264 g/mol. The highest BCUT2D eigenvalue weighted by Gasteiger charge is 2.11. The summed E-state index contributed by atoms with van der Waals surface area (Å²) in [4.78, 5) is 0. The minimum atomic E-state index is -2.53. The van der Waals surface area contributed by atoms with Crippen LogP contribution in [-0.4, -0.2) is 31.9 Å². The fraction of sp³-hybridized carbons (Fsp3) is 0.500. The van der Waals surface area contributed by atoms with Gasteiger partial charge in [-0.3, -0.25) is 0 Å². The third kappa shape index (κ3) is 4.54. The van der Waals surface area contributed by atoms with Crippen molar-refractivity contribution in [1.82, 2.24) is 0 Å². The van der Waals surface area contributed by atoms with Crippen LogP contribution in [0.3, 0.4) is 0 Å². The molecule has 0 saturated heterocycles. The predicted octanol–water partition coefficient (Wildman–Crippen LogP) is 2.54. The molecular formula is C12H15F3O3. The Morgan fingerprint density at radius 3 is 2.61 bits per heavy atom. The van der Waals surface area contributed by atoms with E-state index in [-0.39, 0.29) is 18.8 Å². The van der Waals surface area contributed by atoms with Gasteiger partial charge in [-0.25, -0.2) is 13.2 Å². The summed E-state index contributed by atoms with van der Waals surface area (Å²) in [6.45, 7) is -0.678. The molecule has 1 rings (SSSR count). The van der Waals surface area contributed by atoms with Crippen LogP contribution in [0.2, 0.25) is 0 Å². The molecule has 0 aliphatic carbocycles. The molecule has 0 aliphatic heterocycles. The van der Waals surface area contributed by atoms with Gasteiger partial charge in [0.25, 0.3) is 6.43 Å². The van der Waals surface area contributed by atoms with Gasteiger partial charge in [0.05, 0.1) is 13.2 Å². The molecule has 1 aromatic rings. The van der Waals surface area contributed by atoms with Gasteiger partial charge in [0.15, 0.2) is 11.6 Å². The van der Waals surface area contributed by atoms with E-state index in [4.69, 9.17) is 4.74 Å². The molecule has 1 unspecified atom stereocenters. The number of hydrogen-bond donors (Lipinski definition) is 1. The molecule has 0 amide bonds. The zero-order valence-corrected chi connectivity index (χ0v) is 9.91. The Morgan fingerprint density at radius 1 is 1.33 bits per heavy atom. The summed E-state index contributed by atoms with van der Waals surface area (Å²) in [5.74, 6) is -0.498. The zero-order chi connectivity index (χ0) is 13.5. The average Bonchev–Trinajstić information content (AvgIpc) is 2.34. The number of aliphatic hydroxyl groups is 1. The van der Waals surface area contributed by atoms with Crippen molar-refractivity contribution in [3.8, 4) is 5.75 Å². The lowest BCUT2D eigenvalue weighted by Crippen LogP contribution is -2.08. The molecule has 0 saturated carbocycles. The quantitative estimate of drug-likeness (QED) is 0.769. The van der Waals surface area contributed by atoms with Gasteiger partial charge in [0.1, 0.15) is 6.61 Å². The Labute approximate surface area is 103 Å². The van der Waals surface area contributed by atoms with Crippen molar-refractivity contribution in [2.75, 3.05) is 20.3 Å². The summed E-state index contributed by atoms with van der Waals surface area (Å²) in [5, 5.41) is 9.70. The molecule has 0 heterocycles. The van der Waals surface area contributed by atoms with Crippen LogP contribution >= 0.6 is 0 Å². The molecule has 6 heteroatoms. The van der Waals surface area contributed by atoms with Crippen LogP contribution in [0.1, 0.15) is 18.1 Å². The van der Waals surface area contributed by atoms with E-state index in [0.717, 1.165) is 6.07 Å². The van der Waals surface area contributed by atoms with Crippen LogP contribution in [-0.2, 0) is 4.74 Å². The van der Waals surface area contributed by atoms with E-state index >= 15 is 0 Å². The maximum Gasteiger partial charge on any atom is 0.261 e. The molecule has 0 fully saturated rings. The highest BCUT2D eigenvalue weighted by molar-refractivity contribution is 5.30. The second kappa shape index (κ2) is 7.23. The number of hydrogen-bond acceptors (Lipinski definition) is 3. The van der Waals surface area contributed by atoms with Crippen molar-refractivity contribution in [3.05, 3.63) is 29.6 Å². The van der Waals surface area contributed by atoms with Gasteiger partial charge in [-0.05, 0) is 17.7 Å². The summed E-state index contributed by atoms with van der Waals surface area (Å²) in [7, 11) is 1.34. The molecule has 0 aromatic heterocycles. The summed E-state index contributed by atoms with van der Waals surface area (Å²) >= 11 is 0. The van der Waals surface area contributed by atoms with Crippen LogP contribution in [0.4, 0.5) is 13.2 Å². The minimum absolute atomic E-state index is 0.0147. The van der Waals surface area contributed by atoms with Gasteiger partial charge in [0.2, 0.25) is 0 Å². The normalized spacial score (nSPS) is 12.8. The molecule has 0 aliphatic rings. The first-order valence-corrected chi connectivity index (χ1v) is 5.42. The standard InChI is InChI=1S/C12H15F3O3/c1-17-11-3-2-8(6-9(11)13)10(16)4-5-18-7-12(14)15/h2-3,6,10,12,16H,4-5,7H2,1H3. The van der Waals surface area contributed by atoms with Gasteiger partial charge >= 0.3 is 0 Å². The van der Waals surface area contributed by atoms with E-state index in [0.29, 0.717) is 5.56 Å². The highest BCUT2D eigenvalue weighted by atomic mass is 19.3. The van der Waals surface area contributed by atoms with Gasteiger partial charge in [-0.2, -0.15) is 0 Å². The van der Waals surface area contributed by atoms with Gasteiger partial charge in [-0.15, -0.1) is 0 Å². The van der Waals surface area contributed by atoms with Crippen molar-refractivity contribution in [1.29, 1.82) is 0 Å². The molecule has 0 bridgehead atoms. The predicted molar refractivity (Wildman–Crippen MR) is 59.4 cm³/mol. The van der Waals surface area contributed by atoms with Gasteiger partial charge in [-0.1, -0.05) is 6.07 Å². The fourth-order valence-electron chi connectivity index (χ4n) is 1.42. The fourth-order valence-corrected chi connectivity index (χ4v) is 1.42. The zero-order valence-electron chi connectivity index (χ0n) is 9.91. The molecule has 0 radical (unpaired) electrons. The Hall–Kier alpha value is -1.27. The van der Waals surface area contributed by atoms with Crippen LogP contribution < -0.4 is 4.74 Å². The topological polar surface area (TPSA) is 38.7 Å². The van der Waals surface area contributed by atoms with Crippen molar-refractivity contribution in [3.63, 3.8) is 0 Å². The molecule has 0 spiro atoms. The van der Waals surface area contributed by atoms with Crippen LogP contribution in [0.15, 0.2) is 18.2 Å². The molecule has 1 N–H and O–H groups in total. The Morgan fingerprint density at radius 2 is 2.06 bits per heavy atom. The third-order valence-electron chi connectivity index (χ3n) is 2.34. The number of ether oxygens (including phenoxy) is 2. The molecular weight excluding hydrogens is 249 g/mol. The summed E-state index contributed by atoms with van der Waals surface area (Å²) in [6.07, 6.45) is -3.36. The number of rotatable bonds is 7. The summed E-state index contributed by atoms with van der Waals surface area (Å²) in [6, 6.07) is 4.06. The molecule has 3 nitrogen and oxygen atoms in total. The first-order valence-electron chi connectivity index (χ1n) is 5.42. The highest BCUT2D eigenvalue weighted by Crippen LogP contribution is 2.23. The lowest BCUT2D eigenvalue weighted by atomic mass is 10.1. The second-order valence-corrected chi connectivity index (χ2v) is 3.66. The van der Waals surface area contributed by atoms with E-state index in [1.54, 1.807) is 0 Å². The number of alkyl halides is 2. The number of benzene rings is 1. The van der Waals surface area contributed by atoms with Crippen molar-refractivity contribution >= 4 is 0 Å². The monoisotopic (exact) mass is 264 g/mol. The smallest absolute Gasteiger partial charge is 0.261 e. The van der Waals surface area contributed by atoms with Crippen LogP contribution in [0.5, 0.6) is 5.75 Å². The first-order chi connectivity index (χ1) is 8.54. The van der Waals surface area contributed by atoms with Crippen LogP contribution in [0.25, 0.3) is 0 Å². The lowest BCUT2D eigenvalue weighted by molar-refractivity contribution is 0.00478. The Bertz CT molecular complexity index is 372. The maximum absolute atomic E-state index is 13.3. The largest absolute Gasteiger partial charge is 0.494 e. The Kier molecular flexibility index (Phi) is 5.94. The molecule has 18 heavy (non-hydrogen) atoms. The molecule has 102 valence electrons. The van der Waals surface area contributed by atoms with Crippen molar-refractivity contribution in [2.24, 2.45) is 0 Å². The second-order valence-electron chi connectivity index (χ2n) is 3.66. The first kappa shape index (κ1) is 14.8. The summed E-state index contributed by atoms with van der Waals surface area (Å²) < 4.78 is 46.2. The van der Waals surface area contributed by atoms with E-state index in [1.165, 1.54) is 19.2 Å². The third-order valence-corrected chi connectivity index (χ3v) is 2.34. The number of methoxy groups -OCH3 is 1. The molecule has 1 atom stereocenters. The van der Waals surface area contributed by atoms with Crippen molar-refractivity contribution < 1.29 is 27.8 Å². The Balaban J connectivity index is 2.46. The number of halogens is 3. The molecule has 1 aromatic carbocycles. The number of aliphatic hydroxyl groups excluding tert-OH is 1. The maximum atomic E-state index is 13.3. The van der Waals surface area contributed by atoms with Gasteiger partial charge in [0, 0.05) is 13.0 Å². The van der Waals surface area contributed by atoms with E-state index in [2.05, 4.69) is 4.74 Å². The summed E-state index contributed by atoms with van der Waals surface area (Å²) in [5.41, 5.74) is 0.356. The van der Waals surface area contributed by atoms with Crippen LogP contribution in [0, 0.1) is 5.82 Å². The van der Waals surface area contributed by atoms with Gasteiger partial charge < -0.3 is 14.6 Å². The van der Waals surface area contributed by atoms with E-state index in [9.17, 15) is 18.3 Å². The lowest BCUT2D eigenvalue weighted by Gasteiger charge is -2.12. The van der Waals surface area contributed by atoms with E-state index < -0.39 is 25.0 Å². The van der Waals surface area contributed by atoms with Crippen molar-refractivity contribution in [2.45, 2.75) is 19.0 Å². The van der Waals surface area contributed by atoms with E-state index in [1.807, 2.05) is 0 Å². The minimum Gasteiger partial charge on any atom is -0.494 e.